The van der Waals surface area contributed by atoms with E-state index in [1.165, 1.54) is 10.6 Å². The molecule has 3 aromatic carbocycles. The fourth-order valence-electron chi connectivity index (χ4n) is 4.74. The minimum Gasteiger partial charge on any atom is -0.466 e. The van der Waals surface area contributed by atoms with E-state index in [1.54, 1.807) is 31.2 Å². The smallest absolute Gasteiger partial charge is 0.417 e. The second kappa shape index (κ2) is 12.3. The molecule has 5 nitrogen and oxygen atoms in total. The molecule has 0 saturated carbocycles. The number of aromatic nitrogens is 1. The quantitative estimate of drug-likeness (QED) is 0.214. The lowest BCUT2D eigenvalue weighted by molar-refractivity contribution is -0.143. The van der Waals surface area contributed by atoms with E-state index in [2.05, 4.69) is 0 Å². The van der Waals surface area contributed by atoms with Crippen molar-refractivity contribution in [2.75, 3.05) is 6.61 Å². The first-order chi connectivity index (χ1) is 19.5. The third-order valence-corrected chi connectivity index (χ3v) is 6.94. The van der Waals surface area contributed by atoms with Gasteiger partial charge in [-0.05, 0) is 66.6 Å². The summed E-state index contributed by atoms with van der Waals surface area (Å²) >= 11 is 0. The van der Waals surface area contributed by atoms with Gasteiger partial charge in [0.25, 0.3) is 5.56 Å². The Bertz CT molecular complexity index is 1660. The summed E-state index contributed by atoms with van der Waals surface area (Å²) < 4.78 is 47.9. The van der Waals surface area contributed by atoms with Gasteiger partial charge in [0.05, 0.1) is 24.4 Å². The molecule has 0 fully saturated rings. The Hall–Kier alpha value is -4.64. The summed E-state index contributed by atoms with van der Waals surface area (Å²) in [6, 6.07) is 22.6. The Labute approximate surface area is 236 Å². The molecule has 0 atom stereocenters. The lowest BCUT2D eigenvalue weighted by atomic mass is 9.98. The fraction of sp³-hybridized carbons (Fsp3) is 0.242. The molecule has 0 saturated heterocycles. The summed E-state index contributed by atoms with van der Waals surface area (Å²) in [7, 11) is 0. The lowest BCUT2D eigenvalue weighted by Gasteiger charge is -2.19. The number of hydrogen-bond donors (Lipinski definition) is 0. The van der Waals surface area contributed by atoms with Crippen LogP contribution in [0.3, 0.4) is 0 Å². The van der Waals surface area contributed by atoms with Crippen LogP contribution in [0.2, 0.25) is 0 Å². The Kier molecular flexibility index (Phi) is 8.77. The van der Waals surface area contributed by atoms with Gasteiger partial charge in [0, 0.05) is 6.42 Å². The third kappa shape index (κ3) is 6.75. The number of carbonyl (C=O) groups is 1. The number of rotatable bonds is 8. The predicted molar refractivity (Wildman–Crippen MR) is 151 cm³/mol. The standard InChI is InChI=1S/C33H29F3N2O3/c1-4-41-31(39)16-8-23-6-10-24(11-7-23)25-12-14-26(15-13-25)30-18-29(33(34,35)36)28(19-37)32(40)38(30)20-27-9-5-21(2)17-22(27)3/h5-7,9-15,17-18H,4,8,16,20H2,1-3H3. The lowest BCUT2D eigenvalue weighted by Crippen LogP contribution is -2.29. The Morgan fingerprint density at radius 2 is 1.54 bits per heavy atom. The van der Waals surface area contributed by atoms with E-state index in [4.69, 9.17) is 4.74 Å². The molecule has 4 rings (SSSR count). The summed E-state index contributed by atoms with van der Waals surface area (Å²) in [5.74, 6) is -0.250. The number of nitrogens with zero attached hydrogens (tertiary/aromatic N) is 2. The highest BCUT2D eigenvalue weighted by atomic mass is 19.4. The minimum absolute atomic E-state index is 0.0160. The van der Waals surface area contributed by atoms with Crippen LogP contribution in [0, 0.1) is 25.2 Å². The topological polar surface area (TPSA) is 72.1 Å². The molecule has 210 valence electrons. The zero-order valence-corrected chi connectivity index (χ0v) is 23.0. The molecular weight excluding hydrogens is 529 g/mol. The van der Waals surface area contributed by atoms with Crippen LogP contribution in [-0.2, 0) is 28.7 Å². The summed E-state index contributed by atoms with van der Waals surface area (Å²) in [5.41, 5.74) is 2.70. The molecule has 0 N–H and O–H groups in total. The van der Waals surface area contributed by atoms with Crippen molar-refractivity contribution in [2.24, 2.45) is 0 Å². The van der Waals surface area contributed by atoms with E-state index in [0.29, 0.717) is 18.6 Å². The number of esters is 1. The van der Waals surface area contributed by atoms with Gasteiger partial charge in [-0.2, -0.15) is 18.4 Å². The number of benzene rings is 3. The first kappa shape index (κ1) is 29.3. The normalized spacial score (nSPS) is 11.2. The average Bonchev–Trinajstić information content (AvgIpc) is 2.94. The number of hydrogen-bond acceptors (Lipinski definition) is 4. The monoisotopic (exact) mass is 558 g/mol. The number of carbonyl (C=O) groups excluding carboxylic acids is 1. The molecule has 0 unspecified atom stereocenters. The second-order valence-corrected chi connectivity index (χ2v) is 9.83. The molecule has 1 heterocycles. The maximum Gasteiger partial charge on any atom is 0.417 e. The van der Waals surface area contributed by atoms with Crippen LogP contribution in [0.5, 0.6) is 0 Å². The van der Waals surface area contributed by atoms with Crippen molar-refractivity contribution in [1.82, 2.24) is 4.57 Å². The molecule has 4 aromatic rings. The third-order valence-electron chi connectivity index (χ3n) is 6.94. The van der Waals surface area contributed by atoms with Gasteiger partial charge in [-0.15, -0.1) is 0 Å². The zero-order valence-electron chi connectivity index (χ0n) is 23.0. The van der Waals surface area contributed by atoms with Gasteiger partial charge in [-0.3, -0.25) is 9.59 Å². The van der Waals surface area contributed by atoms with Crippen LogP contribution >= 0.6 is 0 Å². The van der Waals surface area contributed by atoms with Crippen molar-refractivity contribution < 1.29 is 22.7 Å². The SMILES string of the molecule is CCOC(=O)CCc1ccc(-c2ccc(-c3cc(C(F)(F)F)c(C#N)c(=O)n3Cc3ccc(C)cc3C)cc2)cc1. The highest BCUT2D eigenvalue weighted by Gasteiger charge is 2.36. The average molecular weight is 559 g/mol. The molecule has 0 aliphatic rings. The summed E-state index contributed by atoms with van der Waals surface area (Å²) in [6.07, 6.45) is -4.03. The molecule has 0 spiro atoms. The molecular formula is C33H29F3N2O3. The Balaban J connectivity index is 1.72. The molecule has 0 amide bonds. The fourth-order valence-corrected chi connectivity index (χ4v) is 4.74. The Morgan fingerprint density at radius 3 is 2.10 bits per heavy atom. The number of ether oxygens (including phenoxy) is 1. The van der Waals surface area contributed by atoms with Crippen molar-refractivity contribution in [3.8, 4) is 28.5 Å². The molecule has 0 bridgehead atoms. The largest absolute Gasteiger partial charge is 0.466 e. The van der Waals surface area contributed by atoms with Gasteiger partial charge in [-0.1, -0.05) is 72.3 Å². The van der Waals surface area contributed by atoms with E-state index in [1.807, 2.05) is 56.3 Å². The molecule has 0 aliphatic carbocycles. The minimum atomic E-state index is -4.87. The highest BCUT2D eigenvalue weighted by molar-refractivity contribution is 5.71. The van der Waals surface area contributed by atoms with Gasteiger partial charge >= 0.3 is 12.1 Å². The van der Waals surface area contributed by atoms with E-state index in [9.17, 15) is 28.0 Å². The molecule has 0 radical (unpaired) electrons. The summed E-state index contributed by atoms with van der Waals surface area (Å²) in [4.78, 5) is 24.9. The second-order valence-electron chi connectivity index (χ2n) is 9.83. The van der Waals surface area contributed by atoms with Crippen LogP contribution in [0.25, 0.3) is 22.4 Å². The molecule has 41 heavy (non-hydrogen) atoms. The van der Waals surface area contributed by atoms with Gasteiger partial charge in [0.15, 0.2) is 0 Å². The zero-order chi connectivity index (χ0) is 29.7. The highest BCUT2D eigenvalue weighted by Crippen LogP contribution is 2.34. The van der Waals surface area contributed by atoms with Crippen LogP contribution in [0.4, 0.5) is 13.2 Å². The van der Waals surface area contributed by atoms with Crippen molar-refractivity contribution in [3.05, 3.63) is 117 Å². The molecule has 0 aliphatic heterocycles. The van der Waals surface area contributed by atoms with Crippen LogP contribution in [-0.4, -0.2) is 17.1 Å². The van der Waals surface area contributed by atoms with E-state index in [0.717, 1.165) is 39.4 Å². The van der Waals surface area contributed by atoms with Crippen LogP contribution in [0.1, 0.15) is 46.7 Å². The van der Waals surface area contributed by atoms with Gasteiger partial charge in [0.1, 0.15) is 11.6 Å². The number of halogens is 3. The van der Waals surface area contributed by atoms with E-state index in [-0.39, 0.29) is 24.6 Å². The van der Waals surface area contributed by atoms with Gasteiger partial charge < -0.3 is 9.30 Å². The molecule has 1 aromatic heterocycles. The first-order valence-corrected chi connectivity index (χ1v) is 13.2. The number of pyridine rings is 1. The maximum atomic E-state index is 13.9. The summed E-state index contributed by atoms with van der Waals surface area (Å²) in [6.45, 7) is 5.92. The van der Waals surface area contributed by atoms with Gasteiger partial charge in [0.2, 0.25) is 0 Å². The number of nitriles is 1. The number of aryl methyl sites for hydroxylation is 3. The summed E-state index contributed by atoms with van der Waals surface area (Å²) in [5, 5.41) is 9.49. The van der Waals surface area contributed by atoms with Crippen LogP contribution in [0.15, 0.2) is 77.6 Å². The van der Waals surface area contributed by atoms with E-state index >= 15 is 0 Å². The predicted octanol–water partition coefficient (Wildman–Crippen LogP) is 7.23. The maximum absolute atomic E-state index is 13.9. The van der Waals surface area contributed by atoms with Crippen molar-refractivity contribution >= 4 is 5.97 Å². The Morgan fingerprint density at radius 1 is 0.927 bits per heavy atom. The first-order valence-electron chi connectivity index (χ1n) is 13.2. The van der Waals surface area contributed by atoms with Crippen LogP contribution < -0.4 is 5.56 Å². The van der Waals surface area contributed by atoms with Crippen molar-refractivity contribution in [3.63, 3.8) is 0 Å². The molecule has 8 heteroatoms. The van der Waals surface area contributed by atoms with Crippen molar-refractivity contribution in [1.29, 1.82) is 5.26 Å². The van der Waals surface area contributed by atoms with Crippen molar-refractivity contribution in [2.45, 2.75) is 46.3 Å². The van der Waals surface area contributed by atoms with E-state index < -0.39 is 22.9 Å². The van der Waals surface area contributed by atoms with Gasteiger partial charge in [-0.25, -0.2) is 0 Å². The number of alkyl halides is 3.